The van der Waals surface area contributed by atoms with Crippen molar-refractivity contribution in [2.24, 2.45) is 5.92 Å². The van der Waals surface area contributed by atoms with E-state index in [9.17, 15) is 16.8 Å². The summed E-state index contributed by atoms with van der Waals surface area (Å²) in [6, 6.07) is 5.28. The van der Waals surface area contributed by atoms with E-state index in [1.165, 1.54) is 28.6 Å². The molecule has 1 aliphatic heterocycles. The molecule has 7 nitrogen and oxygen atoms in total. The lowest BCUT2D eigenvalue weighted by atomic mass is 10.2. The van der Waals surface area contributed by atoms with E-state index in [1.54, 1.807) is 0 Å². The van der Waals surface area contributed by atoms with E-state index in [0.29, 0.717) is 32.2 Å². The first-order chi connectivity index (χ1) is 11.3. The van der Waals surface area contributed by atoms with Crippen LogP contribution < -0.4 is 4.72 Å². The summed E-state index contributed by atoms with van der Waals surface area (Å²) in [5, 5.41) is 0. The number of rotatable bonds is 6. The predicted octanol–water partition coefficient (Wildman–Crippen LogP) is 0.784. The molecular formula is C15H22N2O5S2. The van der Waals surface area contributed by atoms with Crippen LogP contribution in [0.4, 0.5) is 0 Å². The average Bonchev–Trinajstić information content (AvgIpc) is 3.40. The highest BCUT2D eigenvalue weighted by Crippen LogP contribution is 2.33. The van der Waals surface area contributed by atoms with E-state index in [-0.39, 0.29) is 15.8 Å². The lowest BCUT2D eigenvalue weighted by Gasteiger charge is -2.26. The third-order valence-electron chi connectivity index (χ3n) is 4.41. The molecule has 0 aromatic heterocycles. The Morgan fingerprint density at radius 3 is 2.12 bits per heavy atom. The Morgan fingerprint density at radius 2 is 1.58 bits per heavy atom. The fraction of sp³-hybridized carbons (Fsp3) is 0.600. The minimum Gasteiger partial charge on any atom is -0.379 e. The number of nitrogens with zero attached hydrogens (tertiary/aromatic N) is 1. The highest BCUT2D eigenvalue weighted by Gasteiger charge is 2.31. The Labute approximate surface area is 143 Å². The first-order valence-corrected chi connectivity index (χ1v) is 10.9. The summed E-state index contributed by atoms with van der Waals surface area (Å²) >= 11 is 0. The maximum atomic E-state index is 12.5. The highest BCUT2D eigenvalue weighted by molar-refractivity contribution is 7.89. The minimum atomic E-state index is -3.63. The number of hydrogen-bond acceptors (Lipinski definition) is 5. The van der Waals surface area contributed by atoms with Crippen molar-refractivity contribution in [2.75, 3.05) is 26.3 Å². The molecule has 0 bridgehead atoms. The van der Waals surface area contributed by atoms with Crippen LogP contribution in [0, 0.1) is 5.92 Å². The summed E-state index contributed by atoms with van der Waals surface area (Å²) in [5.41, 5.74) is 0. The van der Waals surface area contributed by atoms with Crippen molar-refractivity contribution in [1.29, 1.82) is 0 Å². The van der Waals surface area contributed by atoms with Gasteiger partial charge in [0.25, 0.3) is 0 Å². The van der Waals surface area contributed by atoms with Crippen LogP contribution in [-0.4, -0.2) is 53.5 Å². The first-order valence-electron chi connectivity index (χ1n) is 8.01. The van der Waals surface area contributed by atoms with Crippen LogP contribution in [0.2, 0.25) is 0 Å². The van der Waals surface area contributed by atoms with Gasteiger partial charge in [0.1, 0.15) is 0 Å². The van der Waals surface area contributed by atoms with Crippen LogP contribution in [0.15, 0.2) is 34.1 Å². The fourth-order valence-corrected chi connectivity index (χ4v) is 5.45. The van der Waals surface area contributed by atoms with Gasteiger partial charge in [0.2, 0.25) is 20.0 Å². The molecule has 2 fully saturated rings. The number of hydrogen-bond donors (Lipinski definition) is 1. The zero-order valence-electron chi connectivity index (χ0n) is 13.5. The molecule has 9 heteroatoms. The molecule has 1 aromatic carbocycles. The van der Waals surface area contributed by atoms with Crippen LogP contribution in [-0.2, 0) is 24.8 Å². The molecule has 0 unspecified atom stereocenters. The maximum absolute atomic E-state index is 12.5. The quantitative estimate of drug-likeness (QED) is 0.794. The van der Waals surface area contributed by atoms with Gasteiger partial charge in [-0.15, -0.1) is 0 Å². The Kier molecular flexibility index (Phi) is 4.99. The van der Waals surface area contributed by atoms with E-state index in [2.05, 4.69) is 4.72 Å². The van der Waals surface area contributed by atoms with Gasteiger partial charge < -0.3 is 4.74 Å². The summed E-state index contributed by atoms with van der Waals surface area (Å²) in [5.74, 6) is 0.403. The van der Waals surface area contributed by atoms with Gasteiger partial charge in [-0.1, -0.05) is 0 Å². The molecule has 1 heterocycles. The van der Waals surface area contributed by atoms with Gasteiger partial charge >= 0.3 is 0 Å². The van der Waals surface area contributed by atoms with Gasteiger partial charge in [0.05, 0.1) is 23.0 Å². The second-order valence-electron chi connectivity index (χ2n) is 6.24. The molecule has 1 aliphatic carbocycles. The zero-order chi connectivity index (χ0) is 17.4. The monoisotopic (exact) mass is 374 g/mol. The maximum Gasteiger partial charge on any atom is 0.243 e. The van der Waals surface area contributed by atoms with Crippen molar-refractivity contribution in [3.05, 3.63) is 24.3 Å². The lowest BCUT2D eigenvalue weighted by Crippen LogP contribution is -2.40. The molecule has 0 radical (unpaired) electrons. The second-order valence-corrected chi connectivity index (χ2v) is 9.89. The van der Waals surface area contributed by atoms with Gasteiger partial charge in [0.15, 0.2) is 0 Å². The van der Waals surface area contributed by atoms with Crippen molar-refractivity contribution >= 4 is 20.0 Å². The van der Waals surface area contributed by atoms with Crippen LogP contribution >= 0.6 is 0 Å². The SMILES string of the molecule is C[C@H](NS(=O)(=O)c1ccc(S(=O)(=O)N2CCOCC2)cc1)C1CC1. The van der Waals surface area contributed by atoms with Crippen molar-refractivity contribution in [3.63, 3.8) is 0 Å². The summed E-state index contributed by atoms with van der Waals surface area (Å²) in [6.45, 7) is 3.21. The van der Waals surface area contributed by atoms with E-state index in [4.69, 9.17) is 4.74 Å². The number of benzene rings is 1. The Balaban J connectivity index is 1.77. The lowest BCUT2D eigenvalue weighted by molar-refractivity contribution is 0.0730. The molecule has 134 valence electrons. The molecule has 1 aromatic rings. The number of sulfonamides is 2. The summed E-state index contributed by atoms with van der Waals surface area (Å²) in [7, 11) is -7.24. The molecule has 0 spiro atoms. The van der Waals surface area contributed by atoms with Gasteiger partial charge in [-0.05, 0) is 49.9 Å². The molecule has 1 atom stereocenters. The van der Waals surface area contributed by atoms with Crippen LogP contribution in [0.5, 0.6) is 0 Å². The summed E-state index contributed by atoms with van der Waals surface area (Å²) in [4.78, 5) is 0.175. The second kappa shape index (κ2) is 6.72. The normalized spacial score (nSPS) is 21.5. The molecule has 1 saturated carbocycles. The first kappa shape index (κ1) is 17.8. The topological polar surface area (TPSA) is 92.8 Å². The number of nitrogens with one attached hydrogen (secondary N) is 1. The van der Waals surface area contributed by atoms with Gasteiger partial charge in [-0.25, -0.2) is 21.6 Å². The fourth-order valence-electron chi connectivity index (χ4n) is 2.73. The summed E-state index contributed by atoms with van der Waals surface area (Å²) in [6.07, 6.45) is 2.08. The molecular weight excluding hydrogens is 352 g/mol. The third-order valence-corrected chi connectivity index (χ3v) is 7.90. The molecule has 2 aliphatic rings. The van der Waals surface area contributed by atoms with Gasteiger partial charge in [-0.3, -0.25) is 0 Å². The Bertz CT molecular complexity index is 780. The summed E-state index contributed by atoms with van der Waals surface area (Å²) < 4.78 is 58.9. The van der Waals surface area contributed by atoms with E-state index in [1.807, 2.05) is 6.92 Å². The predicted molar refractivity (Wildman–Crippen MR) is 88.5 cm³/mol. The van der Waals surface area contributed by atoms with E-state index >= 15 is 0 Å². The molecule has 24 heavy (non-hydrogen) atoms. The molecule has 1 N–H and O–H groups in total. The number of morpholine rings is 1. The standard InChI is InChI=1S/C15H22N2O5S2/c1-12(13-2-3-13)16-23(18,19)14-4-6-15(7-5-14)24(20,21)17-8-10-22-11-9-17/h4-7,12-13,16H,2-3,8-11H2,1H3/t12-/m0/s1. The minimum absolute atomic E-state index is 0.0796. The van der Waals surface area contributed by atoms with Crippen LogP contribution in [0.3, 0.4) is 0 Å². The third kappa shape index (κ3) is 3.80. The van der Waals surface area contributed by atoms with Crippen LogP contribution in [0.25, 0.3) is 0 Å². The molecule has 3 rings (SSSR count). The molecule has 1 saturated heterocycles. The Morgan fingerprint density at radius 1 is 1.04 bits per heavy atom. The van der Waals surface area contributed by atoms with Crippen molar-refractivity contribution < 1.29 is 21.6 Å². The van der Waals surface area contributed by atoms with Gasteiger partial charge in [0, 0.05) is 19.1 Å². The van der Waals surface area contributed by atoms with Crippen molar-refractivity contribution in [1.82, 2.24) is 9.03 Å². The average molecular weight is 374 g/mol. The van der Waals surface area contributed by atoms with Crippen molar-refractivity contribution in [2.45, 2.75) is 35.6 Å². The van der Waals surface area contributed by atoms with E-state index < -0.39 is 20.0 Å². The number of ether oxygens (including phenoxy) is 1. The van der Waals surface area contributed by atoms with Crippen molar-refractivity contribution in [3.8, 4) is 0 Å². The largest absolute Gasteiger partial charge is 0.379 e. The Hall–Kier alpha value is -1.00. The van der Waals surface area contributed by atoms with E-state index in [0.717, 1.165) is 12.8 Å². The smallest absolute Gasteiger partial charge is 0.243 e. The highest BCUT2D eigenvalue weighted by atomic mass is 32.2. The zero-order valence-corrected chi connectivity index (χ0v) is 15.1. The molecule has 0 amide bonds. The van der Waals surface area contributed by atoms with Crippen LogP contribution in [0.1, 0.15) is 19.8 Å². The van der Waals surface area contributed by atoms with Gasteiger partial charge in [-0.2, -0.15) is 4.31 Å².